The number of hydrogen-bond acceptors (Lipinski definition) is 3. The van der Waals surface area contributed by atoms with E-state index in [1.807, 2.05) is 17.9 Å². The molecule has 0 unspecified atom stereocenters. The van der Waals surface area contributed by atoms with Crippen molar-refractivity contribution in [1.82, 2.24) is 15.5 Å². The van der Waals surface area contributed by atoms with Gasteiger partial charge in [-0.3, -0.25) is 4.79 Å². The summed E-state index contributed by atoms with van der Waals surface area (Å²) in [5.74, 6) is 1.39. The maximum atomic E-state index is 11.7. The van der Waals surface area contributed by atoms with Crippen LogP contribution in [0.1, 0.15) is 55.7 Å². The number of likely N-dealkylation sites (tertiary alicyclic amines) is 1. The molecule has 0 spiro atoms. The molecule has 1 saturated heterocycles. The van der Waals surface area contributed by atoms with Gasteiger partial charge in [-0.25, -0.2) is 4.99 Å². The van der Waals surface area contributed by atoms with E-state index in [4.69, 9.17) is 4.99 Å². The van der Waals surface area contributed by atoms with Gasteiger partial charge in [-0.05, 0) is 62.6 Å². The van der Waals surface area contributed by atoms with Crippen molar-refractivity contribution >= 4 is 35.8 Å². The third-order valence-electron chi connectivity index (χ3n) is 5.43. The fraction of sp³-hybridized carbons (Fsp3) is 0.619. The van der Waals surface area contributed by atoms with Crippen molar-refractivity contribution in [2.75, 3.05) is 26.2 Å². The number of nitrogens with one attached hydrogen (secondary N) is 2. The minimum absolute atomic E-state index is 0. The Morgan fingerprint density at radius 1 is 1.18 bits per heavy atom. The quantitative estimate of drug-likeness (QED) is 0.233. The van der Waals surface area contributed by atoms with Crippen LogP contribution in [0.25, 0.3) is 0 Å². The average Bonchev–Trinajstić information content (AvgIpc) is 3.09. The number of aromatic hydroxyl groups is 1. The molecular formula is C21H33IN4O2. The van der Waals surface area contributed by atoms with Crippen molar-refractivity contribution in [3.63, 3.8) is 0 Å². The summed E-state index contributed by atoms with van der Waals surface area (Å²) in [5.41, 5.74) is 3.61. The van der Waals surface area contributed by atoms with Crippen LogP contribution in [0.4, 0.5) is 0 Å². The first-order valence-corrected chi connectivity index (χ1v) is 10.3. The SMILES string of the molecule is CCNC(=NCc1c(O)ccc2c1CCCC2)NCCCN1CCCC1=O.I. The van der Waals surface area contributed by atoms with Crippen molar-refractivity contribution in [1.29, 1.82) is 0 Å². The average molecular weight is 500 g/mol. The number of aliphatic imine (C=N–C) groups is 1. The van der Waals surface area contributed by atoms with Crippen molar-refractivity contribution in [2.45, 2.75) is 58.4 Å². The first-order chi connectivity index (χ1) is 13.2. The number of hydrogen-bond donors (Lipinski definition) is 3. The molecule has 3 N–H and O–H groups in total. The highest BCUT2D eigenvalue weighted by atomic mass is 127. The molecule has 0 saturated carbocycles. The molecule has 1 aliphatic heterocycles. The molecule has 0 aromatic heterocycles. The summed E-state index contributed by atoms with van der Waals surface area (Å²) in [6, 6.07) is 3.86. The van der Waals surface area contributed by atoms with E-state index in [9.17, 15) is 9.90 Å². The first kappa shape index (κ1) is 22.8. The highest BCUT2D eigenvalue weighted by Crippen LogP contribution is 2.31. The molecule has 1 aliphatic carbocycles. The van der Waals surface area contributed by atoms with Crippen LogP contribution in [-0.2, 0) is 24.2 Å². The number of fused-ring (bicyclic) bond motifs is 1. The second-order valence-corrected chi connectivity index (χ2v) is 7.37. The molecular weight excluding hydrogens is 467 g/mol. The van der Waals surface area contributed by atoms with Crippen LogP contribution >= 0.6 is 24.0 Å². The fourth-order valence-corrected chi connectivity index (χ4v) is 3.99. The van der Waals surface area contributed by atoms with Gasteiger partial charge in [0.1, 0.15) is 5.75 Å². The minimum Gasteiger partial charge on any atom is -0.508 e. The van der Waals surface area contributed by atoms with Gasteiger partial charge >= 0.3 is 0 Å². The lowest BCUT2D eigenvalue weighted by Crippen LogP contribution is -2.39. The van der Waals surface area contributed by atoms with E-state index in [-0.39, 0.29) is 29.9 Å². The standard InChI is InChI=1S/C21H32N4O2.HI/c1-2-22-21(23-12-6-14-25-13-5-9-20(25)27)24-15-18-17-8-4-3-7-16(17)10-11-19(18)26;/h10-11,26H,2-9,12-15H2,1H3,(H2,22,23,24);1H. The lowest BCUT2D eigenvalue weighted by molar-refractivity contribution is -0.127. The molecule has 1 heterocycles. The van der Waals surface area contributed by atoms with E-state index >= 15 is 0 Å². The normalized spacial score (nSPS) is 16.5. The summed E-state index contributed by atoms with van der Waals surface area (Å²) in [6.07, 6.45) is 7.12. The number of rotatable bonds is 7. The van der Waals surface area contributed by atoms with Crippen molar-refractivity contribution in [3.05, 3.63) is 28.8 Å². The zero-order valence-corrected chi connectivity index (χ0v) is 19.1. The van der Waals surface area contributed by atoms with Crippen molar-refractivity contribution in [2.24, 2.45) is 4.99 Å². The summed E-state index contributed by atoms with van der Waals surface area (Å²) in [7, 11) is 0. The summed E-state index contributed by atoms with van der Waals surface area (Å²) < 4.78 is 0. The maximum absolute atomic E-state index is 11.7. The van der Waals surface area contributed by atoms with Crippen molar-refractivity contribution < 1.29 is 9.90 Å². The molecule has 1 fully saturated rings. The van der Waals surface area contributed by atoms with E-state index < -0.39 is 0 Å². The Hall–Kier alpha value is -1.51. The molecule has 6 nitrogen and oxygen atoms in total. The molecule has 1 aromatic carbocycles. The monoisotopic (exact) mass is 500 g/mol. The van der Waals surface area contributed by atoms with E-state index in [0.29, 0.717) is 18.7 Å². The predicted molar refractivity (Wildman–Crippen MR) is 123 cm³/mol. The first-order valence-electron chi connectivity index (χ1n) is 10.3. The maximum Gasteiger partial charge on any atom is 0.222 e. The van der Waals surface area contributed by atoms with Crippen molar-refractivity contribution in [3.8, 4) is 5.75 Å². The van der Waals surface area contributed by atoms with Gasteiger partial charge in [-0.2, -0.15) is 0 Å². The number of benzene rings is 1. The largest absolute Gasteiger partial charge is 0.508 e. The summed E-state index contributed by atoms with van der Waals surface area (Å²) in [5, 5.41) is 16.9. The van der Waals surface area contributed by atoms with Gasteiger partial charge in [-0.1, -0.05) is 6.07 Å². The van der Waals surface area contributed by atoms with Gasteiger partial charge in [-0.15, -0.1) is 24.0 Å². The smallest absolute Gasteiger partial charge is 0.222 e. The summed E-state index contributed by atoms with van der Waals surface area (Å²) in [4.78, 5) is 18.3. The summed E-state index contributed by atoms with van der Waals surface area (Å²) in [6.45, 7) is 5.78. The fourth-order valence-electron chi connectivity index (χ4n) is 3.99. The highest BCUT2D eigenvalue weighted by Gasteiger charge is 2.19. The van der Waals surface area contributed by atoms with E-state index in [2.05, 4.69) is 16.7 Å². The molecule has 0 bridgehead atoms. The van der Waals surface area contributed by atoms with Gasteiger partial charge in [0.05, 0.1) is 6.54 Å². The van der Waals surface area contributed by atoms with Gasteiger partial charge in [0.25, 0.3) is 0 Å². The second kappa shape index (κ2) is 11.5. The zero-order valence-electron chi connectivity index (χ0n) is 16.8. The van der Waals surface area contributed by atoms with Crippen LogP contribution in [0.5, 0.6) is 5.75 Å². The number of halogens is 1. The third-order valence-corrected chi connectivity index (χ3v) is 5.43. The number of carbonyl (C=O) groups excluding carboxylic acids is 1. The van der Waals surface area contributed by atoms with Crippen LogP contribution in [-0.4, -0.2) is 48.1 Å². The summed E-state index contributed by atoms with van der Waals surface area (Å²) >= 11 is 0. The molecule has 28 heavy (non-hydrogen) atoms. The minimum atomic E-state index is 0. The lowest BCUT2D eigenvalue weighted by Gasteiger charge is -2.20. The van der Waals surface area contributed by atoms with E-state index in [1.54, 1.807) is 0 Å². The number of amides is 1. The van der Waals surface area contributed by atoms with Crippen LogP contribution in [0.3, 0.4) is 0 Å². The number of phenolic OH excluding ortho intramolecular Hbond substituents is 1. The van der Waals surface area contributed by atoms with Gasteiger partial charge in [0.2, 0.25) is 5.91 Å². The number of aryl methyl sites for hydroxylation is 1. The Balaban J connectivity index is 0.00000280. The Morgan fingerprint density at radius 3 is 2.75 bits per heavy atom. The van der Waals surface area contributed by atoms with Crippen LogP contribution in [0, 0.1) is 0 Å². The second-order valence-electron chi connectivity index (χ2n) is 7.37. The molecule has 1 aromatic rings. The van der Waals surface area contributed by atoms with Crippen LogP contribution in [0.15, 0.2) is 17.1 Å². The van der Waals surface area contributed by atoms with Gasteiger partial charge < -0.3 is 20.6 Å². The van der Waals surface area contributed by atoms with Crippen LogP contribution in [0.2, 0.25) is 0 Å². The molecule has 3 rings (SSSR count). The lowest BCUT2D eigenvalue weighted by atomic mass is 9.88. The molecule has 0 radical (unpaired) electrons. The molecule has 2 aliphatic rings. The van der Waals surface area contributed by atoms with Gasteiger partial charge in [0.15, 0.2) is 5.96 Å². The van der Waals surface area contributed by atoms with Gasteiger partial charge in [0, 0.05) is 38.2 Å². The predicted octanol–water partition coefficient (Wildman–Crippen LogP) is 2.96. The number of guanidine groups is 1. The van der Waals surface area contributed by atoms with E-state index in [1.165, 1.54) is 24.0 Å². The molecule has 1 amide bonds. The van der Waals surface area contributed by atoms with E-state index in [0.717, 1.165) is 63.4 Å². The Kier molecular flexibility index (Phi) is 9.34. The zero-order chi connectivity index (χ0) is 19.1. The third kappa shape index (κ3) is 5.99. The number of phenols is 1. The number of nitrogens with zero attached hydrogens (tertiary/aromatic N) is 2. The highest BCUT2D eigenvalue weighted by molar-refractivity contribution is 14.0. The Bertz CT molecular complexity index is 693. The topological polar surface area (TPSA) is 77.0 Å². The Morgan fingerprint density at radius 2 is 2.00 bits per heavy atom. The van der Waals surface area contributed by atoms with Crippen LogP contribution < -0.4 is 10.6 Å². The number of carbonyl (C=O) groups is 1. The molecule has 0 atom stereocenters. The molecule has 156 valence electrons. The Labute approximate surface area is 185 Å². The molecule has 7 heteroatoms.